The second-order valence-corrected chi connectivity index (χ2v) is 5.38. The molecule has 1 aromatic rings. The van der Waals surface area contributed by atoms with Gasteiger partial charge in [0, 0.05) is 19.9 Å². The van der Waals surface area contributed by atoms with Crippen molar-refractivity contribution in [3.8, 4) is 0 Å². The van der Waals surface area contributed by atoms with Crippen LogP contribution < -0.4 is 5.73 Å². The lowest BCUT2D eigenvalue weighted by molar-refractivity contribution is -0.118. The standard InChI is InChI=1S/C14H14BrFN2O2/c1-20-14(15)12(13(17)19)3-2-8-18(14)9-10-4-6-11(16)7-5-10/h2-8H,9H2,1H3,(H2,17,19). The number of nitrogens with two attached hydrogens (primary N) is 1. The highest BCUT2D eigenvalue weighted by atomic mass is 79.9. The zero-order valence-electron chi connectivity index (χ0n) is 10.8. The zero-order valence-corrected chi connectivity index (χ0v) is 12.4. The molecule has 1 heterocycles. The van der Waals surface area contributed by atoms with Crippen LogP contribution in [0.4, 0.5) is 4.39 Å². The molecule has 6 heteroatoms. The lowest BCUT2D eigenvalue weighted by Gasteiger charge is -2.40. The van der Waals surface area contributed by atoms with E-state index in [4.69, 9.17) is 10.5 Å². The molecule has 1 aliphatic heterocycles. The van der Waals surface area contributed by atoms with Crippen LogP contribution in [0.5, 0.6) is 0 Å². The first-order valence-corrected chi connectivity index (χ1v) is 6.70. The van der Waals surface area contributed by atoms with E-state index in [1.807, 2.05) is 0 Å². The summed E-state index contributed by atoms with van der Waals surface area (Å²) in [5.74, 6) is -0.866. The maximum absolute atomic E-state index is 12.9. The summed E-state index contributed by atoms with van der Waals surface area (Å²) in [6.45, 7) is 0.431. The fourth-order valence-electron chi connectivity index (χ4n) is 2.00. The fraction of sp³-hybridized carbons (Fsp3) is 0.214. The predicted octanol–water partition coefficient (Wildman–Crippen LogP) is 2.26. The number of halogens is 2. The molecule has 0 saturated heterocycles. The summed E-state index contributed by atoms with van der Waals surface area (Å²) in [4.78, 5) is 13.3. The molecule has 0 aliphatic carbocycles. The van der Waals surface area contributed by atoms with Gasteiger partial charge in [0.1, 0.15) is 5.82 Å². The van der Waals surface area contributed by atoms with Crippen molar-refractivity contribution in [3.05, 3.63) is 59.6 Å². The predicted molar refractivity (Wildman–Crippen MR) is 77.0 cm³/mol. The van der Waals surface area contributed by atoms with Gasteiger partial charge in [-0.1, -0.05) is 12.1 Å². The Labute approximate surface area is 124 Å². The lowest BCUT2D eigenvalue weighted by atomic mass is 10.1. The molecule has 0 radical (unpaired) electrons. The van der Waals surface area contributed by atoms with Crippen LogP contribution in [-0.4, -0.2) is 22.6 Å². The van der Waals surface area contributed by atoms with E-state index in [2.05, 4.69) is 15.9 Å². The van der Waals surface area contributed by atoms with Crippen LogP contribution in [0.25, 0.3) is 0 Å². The van der Waals surface area contributed by atoms with Crippen molar-refractivity contribution in [2.24, 2.45) is 5.73 Å². The number of benzene rings is 1. The van der Waals surface area contributed by atoms with Crippen molar-refractivity contribution in [2.75, 3.05) is 7.11 Å². The van der Waals surface area contributed by atoms with Gasteiger partial charge >= 0.3 is 0 Å². The van der Waals surface area contributed by atoms with Crippen LogP contribution in [0.3, 0.4) is 0 Å². The fourth-order valence-corrected chi connectivity index (χ4v) is 2.57. The van der Waals surface area contributed by atoms with Crippen molar-refractivity contribution in [2.45, 2.75) is 11.2 Å². The summed E-state index contributed by atoms with van der Waals surface area (Å²) >= 11 is 3.41. The summed E-state index contributed by atoms with van der Waals surface area (Å²) in [6.07, 6.45) is 5.08. The largest absolute Gasteiger partial charge is 0.366 e. The Morgan fingerprint density at radius 2 is 2.10 bits per heavy atom. The van der Waals surface area contributed by atoms with Crippen molar-refractivity contribution < 1.29 is 13.9 Å². The number of ether oxygens (including phenoxy) is 1. The monoisotopic (exact) mass is 340 g/mol. The Balaban J connectivity index is 2.27. The first-order chi connectivity index (χ1) is 9.47. The molecule has 0 aromatic heterocycles. The quantitative estimate of drug-likeness (QED) is 0.675. The van der Waals surface area contributed by atoms with Crippen molar-refractivity contribution in [3.63, 3.8) is 0 Å². The van der Waals surface area contributed by atoms with Crippen LogP contribution in [0.2, 0.25) is 0 Å². The highest BCUT2D eigenvalue weighted by molar-refractivity contribution is 9.10. The topological polar surface area (TPSA) is 55.6 Å². The van der Waals surface area contributed by atoms with Crippen molar-refractivity contribution >= 4 is 21.8 Å². The maximum Gasteiger partial charge on any atom is 0.250 e. The van der Waals surface area contributed by atoms with Gasteiger partial charge in [0.2, 0.25) is 10.5 Å². The molecule has 0 bridgehead atoms. The number of carbonyl (C=O) groups excluding carboxylic acids is 1. The Morgan fingerprint density at radius 1 is 1.45 bits per heavy atom. The van der Waals surface area contributed by atoms with Crippen LogP contribution in [0.15, 0.2) is 48.2 Å². The average molecular weight is 341 g/mol. The average Bonchev–Trinajstić information content (AvgIpc) is 2.43. The summed E-state index contributed by atoms with van der Waals surface area (Å²) in [5, 5.41) is 0. The third-order valence-corrected chi connectivity index (χ3v) is 4.24. The van der Waals surface area contributed by atoms with E-state index in [-0.39, 0.29) is 5.82 Å². The van der Waals surface area contributed by atoms with E-state index in [1.165, 1.54) is 19.2 Å². The van der Waals surface area contributed by atoms with Gasteiger partial charge < -0.3 is 15.4 Å². The van der Waals surface area contributed by atoms with Gasteiger partial charge in [0.05, 0.1) is 5.57 Å². The Hall–Kier alpha value is -1.66. The number of alkyl halides is 1. The molecule has 106 valence electrons. The number of nitrogens with zero attached hydrogens (tertiary/aromatic N) is 1. The van der Waals surface area contributed by atoms with Gasteiger partial charge in [-0.3, -0.25) is 4.79 Å². The molecule has 0 spiro atoms. The number of methoxy groups -OCH3 is 1. The summed E-state index contributed by atoms with van der Waals surface area (Å²) < 4.78 is 17.2. The third kappa shape index (κ3) is 2.76. The third-order valence-electron chi connectivity index (χ3n) is 3.03. The number of allylic oxidation sites excluding steroid dienone is 2. The summed E-state index contributed by atoms with van der Waals surface area (Å²) in [7, 11) is 1.47. The molecule has 1 unspecified atom stereocenters. The number of carbonyl (C=O) groups is 1. The molecular formula is C14H14BrFN2O2. The maximum atomic E-state index is 12.9. The zero-order chi connectivity index (χ0) is 14.8. The Morgan fingerprint density at radius 3 is 2.65 bits per heavy atom. The molecular weight excluding hydrogens is 327 g/mol. The van der Waals surface area contributed by atoms with Gasteiger partial charge in [-0.05, 0) is 45.8 Å². The number of rotatable bonds is 4. The smallest absolute Gasteiger partial charge is 0.250 e. The van der Waals surface area contributed by atoms with Crippen LogP contribution in [0.1, 0.15) is 5.56 Å². The second kappa shape index (κ2) is 5.76. The van der Waals surface area contributed by atoms with Gasteiger partial charge in [-0.2, -0.15) is 0 Å². The Bertz CT molecular complexity index is 571. The molecule has 1 amide bonds. The molecule has 2 N–H and O–H groups in total. The number of primary amides is 1. The van der Waals surface area contributed by atoms with E-state index < -0.39 is 10.5 Å². The molecule has 0 fully saturated rings. The minimum Gasteiger partial charge on any atom is -0.366 e. The van der Waals surface area contributed by atoms with Crippen LogP contribution in [-0.2, 0) is 16.1 Å². The minimum atomic E-state index is -1.12. The number of amides is 1. The van der Waals surface area contributed by atoms with Gasteiger partial charge in [-0.15, -0.1) is 0 Å². The normalized spacial score (nSPS) is 21.8. The highest BCUT2D eigenvalue weighted by Gasteiger charge is 2.40. The van der Waals surface area contributed by atoms with Crippen molar-refractivity contribution in [1.82, 2.24) is 4.90 Å². The van der Waals surface area contributed by atoms with Gasteiger partial charge in [0.15, 0.2) is 0 Å². The first kappa shape index (κ1) is 14.7. The van der Waals surface area contributed by atoms with E-state index in [0.717, 1.165) is 5.56 Å². The highest BCUT2D eigenvalue weighted by Crippen LogP contribution is 2.36. The molecule has 1 aromatic carbocycles. The van der Waals surface area contributed by atoms with E-state index in [1.54, 1.807) is 35.4 Å². The van der Waals surface area contributed by atoms with Crippen LogP contribution in [0, 0.1) is 5.82 Å². The van der Waals surface area contributed by atoms with Crippen LogP contribution >= 0.6 is 15.9 Å². The lowest BCUT2D eigenvalue weighted by Crippen LogP contribution is -2.48. The molecule has 2 rings (SSSR count). The summed E-state index contributed by atoms with van der Waals surface area (Å²) in [6, 6.07) is 6.12. The molecule has 1 aliphatic rings. The minimum absolute atomic E-state index is 0.294. The molecule has 20 heavy (non-hydrogen) atoms. The van der Waals surface area contributed by atoms with E-state index >= 15 is 0 Å². The Kier molecular flexibility index (Phi) is 4.25. The van der Waals surface area contributed by atoms with E-state index in [9.17, 15) is 9.18 Å². The van der Waals surface area contributed by atoms with Gasteiger partial charge in [-0.25, -0.2) is 4.39 Å². The second-order valence-electron chi connectivity index (χ2n) is 4.31. The van der Waals surface area contributed by atoms with E-state index in [0.29, 0.717) is 12.1 Å². The first-order valence-electron chi connectivity index (χ1n) is 5.91. The van der Waals surface area contributed by atoms with Crippen molar-refractivity contribution in [1.29, 1.82) is 0 Å². The van der Waals surface area contributed by atoms with Gasteiger partial charge in [0.25, 0.3) is 0 Å². The summed E-state index contributed by atoms with van der Waals surface area (Å²) in [5.41, 5.74) is 6.54. The number of hydrogen-bond donors (Lipinski definition) is 1. The number of hydrogen-bond acceptors (Lipinski definition) is 3. The molecule has 4 nitrogen and oxygen atoms in total. The molecule has 1 atom stereocenters. The molecule has 0 saturated carbocycles. The SMILES string of the molecule is COC1(Br)C(C(N)=O)=CC=CN1Cc1ccc(F)cc1.